The van der Waals surface area contributed by atoms with Gasteiger partial charge in [0.2, 0.25) is 15.8 Å². The molecule has 118 valence electrons. The summed E-state index contributed by atoms with van der Waals surface area (Å²) in [7, 11) is -3.21. The Morgan fingerprint density at radius 1 is 1.48 bits per heavy atom. The first kappa shape index (κ1) is 17.3. The van der Waals surface area contributed by atoms with Crippen molar-refractivity contribution < 1.29 is 13.3 Å². The van der Waals surface area contributed by atoms with Crippen LogP contribution in [0.2, 0.25) is 0 Å². The molecule has 0 amide bonds. The van der Waals surface area contributed by atoms with Gasteiger partial charge in [-0.2, -0.15) is 0 Å². The second-order valence-corrected chi connectivity index (χ2v) is 6.60. The molecular weight excluding hydrogens is 296 g/mol. The molecule has 0 saturated carbocycles. The van der Waals surface area contributed by atoms with Crippen LogP contribution in [0.3, 0.4) is 0 Å². The molecule has 1 aromatic rings. The van der Waals surface area contributed by atoms with Crippen molar-refractivity contribution in [2.24, 2.45) is 0 Å². The van der Waals surface area contributed by atoms with Crippen LogP contribution in [0.15, 0.2) is 12.3 Å². The lowest BCUT2D eigenvalue weighted by Crippen LogP contribution is -2.31. The summed E-state index contributed by atoms with van der Waals surface area (Å²) in [5.74, 6) is 0.211. The lowest BCUT2D eigenvalue weighted by Gasteiger charge is -2.17. The minimum Gasteiger partial charge on any atom is -0.364 e. The summed E-state index contributed by atoms with van der Waals surface area (Å²) in [6.45, 7) is 4.59. The van der Waals surface area contributed by atoms with Gasteiger partial charge in [-0.1, -0.05) is 6.92 Å². The predicted molar refractivity (Wildman–Crippen MR) is 80.8 cm³/mol. The van der Waals surface area contributed by atoms with Gasteiger partial charge in [-0.25, -0.2) is 17.7 Å². The Balaban J connectivity index is 2.62. The van der Waals surface area contributed by atoms with E-state index in [0.717, 1.165) is 6.26 Å². The van der Waals surface area contributed by atoms with Gasteiger partial charge in [0.15, 0.2) is 0 Å². The second-order valence-electron chi connectivity index (χ2n) is 4.62. The molecule has 0 atom stereocenters. The third kappa shape index (κ3) is 4.94. The number of nitrogens with zero attached hydrogens (tertiary/aromatic N) is 3. The first-order valence-electron chi connectivity index (χ1n) is 6.56. The van der Waals surface area contributed by atoms with Crippen molar-refractivity contribution in [1.82, 2.24) is 9.29 Å². The van der Waals surface area contributed by atoms with E-state index in [9.17, 15) is 18.5 Å². The zero-order valence-electron chi connectivity index (χ0n) is 12.4. The van der Waals surface area contributed by atoms with Gasteiger partial charge >= 0.3 is 5.69 Å². The minimum atomic E-state index is -3.21. The first-order valence-corrected chi connectivity index (χ1v) is 8.41. The van der Waals surface area contributed by atoms with Gasteiger partial charge in [-0.15, -0.1) is 0 Å². The van der Waals surface area contributed by atoms with Crippen molar-refractivity contribution in [2.45, 2.75) is 20.3 Å². The van der Waals surface area contributed by atoms with Crippen LogP contribution in [0.4, 0.5) is 11.5 Å². The fourth-order valence-electron chi connectivity index (χ4n) is 1.93. The number of nitrogens with one attached hydrogen (secondary N) is 1. The molecule has 21 heavy (non-hydrogen) atoms. The van der Waals surface area contributed by atoms with E-state index >= 15 is 0 Å². The number of aromatic nitrogens is 1. The molecule has 0 unspecified atom stereocenters. The Kier molecular flexibility index (Phi) is 6.03. The van der Waals surface area contributed by atoms with Gasteiger partial charge in [-0.3, -0.25) is 10.1 Å². The Bertz CT molecular complexity index is 603. The van der Waals surface area contributed by atoms with Crippen molar-refractivity contribution in [1.29, 1.82) is 0 Å². The highest BCUT2D eigenvalue weighted by Crippen LogP contribution is 2.25. The third-order valence-electron chi connectivity index (χ3n) is 3.01. The number of hydrogen-bond donors (Lipinski definition) is 1. The summed E-state index contributed by atoms with van der Waals surface area (Å²) in [6, 6.07) is 1.58. The maximum atomic E-state index is 11.4. The quantitative estimate of drug-likeness (QED) is 0.441. The smallest absolute Gasteiger partial charge is 0.314 e. The molecular formula is C12H20N4O4S. The molecule has 0 aliphatic carbocycles. The molecule has 0 fully saturated rings. The first-order chi connectivity index (χ1) is 9.77. The van der Waals surface area contributed by atoms with Crippen molar-refractivity contribution in [2.75, 3.05) is 31.2 Å². The van der Waals surface area contributed by atoms with Crippen LogP contribution in [0.25, 0.3) is 0 Å². The van der Waals surface area contributed by atoms with E-state index in [-0.39, 0.29) is 11.5 Å². The van der Waals surface area contributed by atoms with Crippen LogP contribution in [0, 0.1) is 17.0 Å². The number of aryl methyl sites for hydroxylation is 1. The van der Waals surface area contributed by atoms with Gasteiger partial charge in [0.05, 0.1) is 11.2 Å². The third-order valence-corrected chi connectivity index (χ3v) is 4.39. The van der Waals surface area contributed by atoms with Crippen molar-refractivity contribution in [3.05, 3.63) is 27.9 Å². The summed E-state index contributed by atoms with van der Waals surface area (Å²) in [5.41, 5.74) is 0.483. The van der Waals surface area contributed by atoms with Gasteiger partial charge in [0.1, 0.15) is 0 Å². The normalized spacial score (nSPS) is 11.6. The zero-order chi connectivity index (χ0) is 16.0. The van der Waals surface area contributed by atoms with Crippen LogP contribution in [0.1, 0.15) is 18.9 Å². The number of nitro groups is 1. The van der Waals surface area contributed by atoms with Gasteiger partial charge < -0.3 is 5.32 Å². The molecule has 0 aliphatic heterocycles. The Hall–Kier alpha value is -1.74. The van der Waals surface area contributed by atoms with Crippen LogP contribution in [-0.4, -0.2) is 48.5 Å². The summed E-state index contributed by atoms with van der Waals surface area (Å²) in [4.78, 5) is 14.5. The SMILES string of the molecule is CCN(CCCNc1nccc(C)c1[N+](=O)[O-])S(C)(=O)=O. The summed E-state index contributed by atoms with van der Waals surface area (Å²) in [5, 5.41) is 13.9. The Morgan fingerprint density at radius 3 is 2.67 bits per heavy atom. The molecule has 0 aliphatic rings. The summed E-state index contributed by atoms with van der Waals surface area (Å²) in [6.07, 6.45) is 3.20. The number of rotatable bonds is 8. The second kappa shape index (κ2) is 7.32. The fourth-order valence-corrected chi connectivity index (χ4v) is 2.86. The number of hydrogen-bond acceptors (Lipinski definition) is 6. The zero-order valence-corrected chi connectivity index (χ0v) is 13.2. The van der Waals surface area contributed by atoms with E-state index in [1.54, 1.807) is 19.9 Å². The highest BCUT2D eigenvalue weighted by Gasteiger charge is 2.18. The summed E-state index contributed by atoms with van der Waals surface area (Å²) < 4.78 is 24.2. The van der Waals surface area contributed by atoms with Crippen molar-refractivity contribution in [3.8, 4) is 0 Å². The molecule has 0 saturated heterocycles. The van der Waals surface area contributed by atoms with E-state index < -0.39 is 14.9 Å². The molecule has 1 rings (SSSR count). The Morgan fingerprint density at radius 2 is 2.14 bits per heavy atom. The maximum Gasteiger partial charge on any atom is 0.314 e. The van der Waals surface area contributed by atoms with Crippen LogP contribution >= 0.6 is 0 Å². The van der Waals surface area contributed by atoms with E-state index in [0.29, 0.717) is 31.6 Å². The molecule has 1 N–H and O–H groups in total. The molecule has 0 radical (unpaired) electrons. The molecule has 9 heteroatoms. The summed E-state index contributed by atoms with van der Waals surface area (Å²) >= 11 is 0. The largest absolute Gasteiger partial charge is 0.364 e. The lowest BCUT2D eigenvalue weighted by molar-refractivity contribution is -0.384. The molecule has 0 spiro atoms. The van der Waals surface area contributed by atoms with E-state index in [4.69, 9.17) is 0 Å². The topological polar surface area (TPSA) is 105 Å². The number of sulfonamides is 1. The van der Waals surface area contributed by atoms with E-state index in [1.807, 2.05) is 0 Å². The van der Waals surface area contributed by atoms with Gasteiger partial charge in [0, 0.05) is 31.4 Å². The van der Waals surface area contributed by atoms with Crippen molar-refractivity contribution in [3.63, 3.8) is 0 Å². The van der Waals surface area contributed by atoms with Crippen LogP contribution in [-0.2, 0) is 10.0 Å². The molecule has 8 nitrogen and oxygen atoms in total. The van der Waals surface area contributed by atoms with Crippen LogP contribution in [0.5, 0.6) is 0 Å². The minimum absolute atomic E-state index is 0.0482. The van der Waals surface area contributed by atoms with Gasteiger partial charge in [-0.05, 0) is 19.4 Å². The molecule has 1 heterocycles. The maximum absolute atomic E-state index is 11.4. The molecule has 1 aromatic heterocycles. The predicted octanol–water partition coefficient (Wildman–Crippen LogP) is 1.38. The van der Waals surface area contributed by atoms with E-state index in [1.165, 1.54) is 10.5 Å². The standard InChI is InChI=1S/C12H20N4O4S/c1-4-15(21(3,19)20)9-5-7-13-12-11(16(17)18)10(2)6-8-14-12/h6,8H,4-5,7,9H2,1-3H3,(H,13,14). The highest BCUT2D eigenvalue weighted by molar-refractivity contribution is 7.88. The number of pyridine rings is 1. The van der Waals surface area contributed by atoms with Crippen molar-refractivity contribution >= 4 is 21.5 Å². The average Bonchev–Trinajstić information content (AvgIpc) is 2.36. The fraction of sp³-hybridized carbons (Fsp3) is 0.583. The Labute approximate surface area is 124 Å². The molecule has 0 aromatic carbocycles. The average molecular weight is 316 g/mol. The lowest BCUT2D eigenvalue weighted by atomic mass is 10.2. The van der Waals surface area contributed by atoms with Gasteiger partial charge in [0.25, 0.3) is 0 Å². The number of anilines is 1. The monoisotopic (exact) mass is 316 g/mol. The molecule has 0 bridgehead atoms. The highest BCUT2D eigenvalue weighted by atomic mass is 32.2. The van der Waals surface area contributed by atoms with E-state index in [2.05, 4.69) is 10.3 Å². The van der Waals surface area contributed by atoms with Crippen LogP contribution < -0.4 is 5.32 Å².